The smallest absolute Gasteiger partial charge is 0.262 e. The normalized spacial score (nSPS) is 12.5. The number of H-pyrrole nitrogens is 1. The number of sulfonamides is 1. The molecular weight excluding hydrogens is 378 g/mol. The maximum absolute atomic E-state index is 12.4. The molecule has 0 bridgehead atoms. The third-order valence-electron chi connectivity index (χ3n) is 3.11. The first-order valence-corrected chi connectivity index (χ1v) is 10.1. The van der Waals surface area contributed by atoms with Crippen LogP contribution in [0.5, 0.6) is 0 Å². The highest BCUT2D eigenvalue weighted by molar-refractivity contribution is 7.99. The molecule has 11 heteroatoms. The Balaban J connectivity index is 2.38. The number of nitro groups is 1. The lowest BCUT2D eigenvalue weighted by Gasteiger charge is -2.20. The van der Waals surface area contributed by atoms with Crippen molar-refractivity contribution < 1.29 is 13.3 Å². The van der Waals surface area contributed by atoms with Crippen LogP contribution in [-0.2, 0) is 10.0 Å². The molecule has 1 aromatic heterocycles. The van der Waals surface area contributed by atoms with E-state index in [9.17, 15) is 18.5 Å². The van der Waals surface area contributed by atoms with Crippen LogP contribution in [-0.4, -0.2) is 34.1 Å². The number of nitrogens with zero attached hydrogens (tertiary/aromatic N) is 3. The summed E-state index contributed by atoms with van der Waals surface area (Å²) in [5, 5.41) is 18.6. The molecule has 26 heavy (non-hydrogen) atoms. The van der Waals surface area contributed by atoms with E-state index in [0.717, 1.165) is 17.8 Å². The van der Waals surface area contributed by atoms with Gasteiger partial charge in [0.25, 0.3) is 5.69 Å². The average molecular weight is 399 g/mol. The number of nitro benzene ring substituents is 1. The van der Waals surface area contributed by atoms with Crippen LogP contribution in [0.3, 0.4) is 0 Å². The first kappa shape index (κ1) is 20.3. The van der Waals surface area contributed by atoms with Crippen molar-refractivity contribution in [3.05, 3.63) is 34.1 Å². The second kappa shape index (κ2) is 7.33. The minimum absolute atomic E-state index is 0.142. The van der Waals surface area contributed by atoms with Crippen molar-refractivity contribution in [3.63, 3.8) is 0 Å². The summed E-state index contributed by atoms with van der Waals surface area (Å²) in [6.07, 6.45) is 0. The van der Waals surface area contributed by atoms with Gasteiger partial charge in [-0.2, -0.15) is 0 Å². The minimum Gasteiger partial charge on any atom is -0.262 e. The van der Waals surface area contributed by atoms with E-state index < -0.39 is 20.5 Å². The lowest BCUT2D eigenvalue weighted by molar-refractivity contribution is -0.388. The second-order valence-electron chi connectivity index (χ2n) is 7.00. The number of nitrogens with one attached hydrogen (secondary N) is 2. The number of aromatic amines is 1. The molecule has 2 aromatic rings. The molecule has 0 spiro atoms. The minimum atomic E-state index is -3.87. The average Bonchev–Trinajstić information content (AvgIpc) is 2.93. The monoisotopic (exact) mass is 399 g/mol. The van der Waals surface area contributed by atoms with Crippen molar-refractivity contribution in [2.75, 3.05) is 0 Å². The van der Waals surface area contributed by atoms with Gasteiger partial charge < -0.3 is 0 Å². The van der Waals surface area contributed by atoms with Crippen LogP contribution < -0.4 is 4.72 Å². The van der Waals surface area contributed by atoms with E-state index in [1.807, 2.05) is 13.8 Å². The zero-order chi connectivity index (χ0) is 19.7. The van der Waals surface area contributed by atoms with Crippen molar-refractivity contribution in [2.24, 2.45) is 0 Å². The fourth-order valence-corrected chi connectivity index (χ4v) is 4.26. The van der Waals surface area contributed by atoms with E-state index in [-0.39, 0.29) is 21.4 Å². The molecule has 0 aliphatic rings. The summed E-state index contributed by atoms with van der Waals surface area (Å²) in [7, 11) is -3.87. The summed E-state index contributed by atoms with van der Waals surface area (Å²) in [6, 6.07) is 3.78. The first-order chi connectivity index (χ1) is 11.9. The Morgan fingerprint density at radius 1 is 1.31 bits per heavy atom. The van der Waals surface area contributed by atoms with Crippen LogP contribution in [0, 0.1) is 10.1 Å². The third-order valence-corrected chi connectivity index (χ3v) is 5.79. The zero-order valence-corrected chi connectivity index (χ0v) is 16.7. The van der Waals surface area contributed by atoms with Gasteiger partial charge in [-0.05, 0) is 44.7 Å². The van der Waals surface area contributed by atoms with Gasteiger partial charge >= 0.3 is 0 Å². The highest BCUT2D eigenvalue weighted by Gasteiger charge is 2.26. The summed E-state index contributed by atoms with van der Waals surface area (Å²) < 4.78 is 27.3. The fourth-order valence-electron chi connectivity index (χ4n) is 2.02. The predicted molar refractivity (Wildman–Crippen MR) is 97.8 cm³/mol. The Hall–Kier alpha value is -1.98. The molecule has 0 saturated heterocycles. The quantitative estimate of drug-likeness (QED) is 0.563. The van der Waals surface area contributed by atoms with E-state index in [1.54, 1.807) is 20.8 Å². The molecule has 1 aromatic carbocycles. The van der Waals surface area contributed by atoms with Gasteiger partial charge in [0.2, 0.25) is 15.2 Å². The Kier molecular flexibility index (Phi) is 5.73. The van der Waals surface area contributed by atoms with E-state index in [4.69, 9.17) is 0 Å². The molecule has 0 fully saturated rings. The van der Waals surface area contributed by atoms with Gasteiger partial charge in [-0.3, -0.25) is 15.2 Å². The molecule has 142 valence electrons. The van der Waals surface area contributed by atoms with Crippen LogP contribution in [0.2, 0.25) is 0 Å². The van der Waals surface area contributed by atoms with Crippen LogP contribution in [0.4, 0.5) is 5.69 Å². The zero-order valence-electron chi connectivity index (χ0n) is 15.1. The number of benzene rings is 1. The molecule has 0 aliphatic carbocycles. The highest BCUT2D eigenvalue weighted by Crippen LogP contribution is 2.35. The van der Waals surface area contributed by atoms with Crippen LogP contribution in [0.25, 0.3) is 0 Å². The predicted octanol–water partition coefficient (Wildman–Crippen LogP) is 3.06. The van der Waals surface area contributed by atoms with Crippen molar-refractivity contribution in [1.29, 1.82) is 0 Å². The summed E-state index contributed by atoms with van der Waals surface area (Å²) >= 11 is 1.00. The molecule has 0 aliphatic heterocycles. The van der Waals surface area contributed by atoms with Crippen LogP contribution in [0.15, 0.2) is 33.1 Å². The maximum atomic E-state index is 12.4. The summed E-state index contributed by atoms with van der Waals surface area (Å²) in [6.45, 7) is 8.97. The molecule has 0 saturated carbocycles. The molecule has 2 rings (SSSR count). The molecule has 0 unspecified atom stereocenters. The molecule has 0 amide bonds. The Bertz CT molecular complexity index is 916. The van der Waals surface area contributed by atoms with Crippen molar-refractivity contribution >= 4 is 27.5 Å². The third kappa shape index (κ3) is 5.02. The van der Waals surface area contributed by atoms with Gasteiger partial charge in [-0.15, -0.1) is 5.10 Å². The molecule has 0 atom stereocenters. The van der Waals surface area contributed by atoms with Crippen LogP contribution >= 0.6 is 11.8 Å². The second-order valence-corrected chi connectivity index (χ2v) is 9.69. The number of hydrogen-bond acceptors (Lipinski definition) is 7. The number of rotatable bonds is 6. The Morgan fingerprint density at radius 3 is 2.46 bits per heavy atom. The van der Waals surface area contributed by atoms with Crippen molar-refractivity contribution in [3.8, 4) is 0 Å². The standard InChI is InChI=1S/C15H21N5O4S2/c1-9(2)13-16-14(18-17-13)25-12-7-6-10(8-11(12)20(21)22)26(23,24)19-15(3,4)5/h6-9,19H,1-5H3,(H,16,17,18). The van der Waals surface area contributed by atoms with Crippen molar-refractivity contribution in [1.82, 2.24) is 19.9 Å². The van der Waals surface area contributed by atoms with E-state index in [0.29, 0.717) is 11.0 Å². The topological polar surface area (TPSA) is 131 Å². The van der Waals surface area contributed by atoms with E-state index >= 15 is 0 Å². The number of aromatic nitrogens is 3. The van der Waals surface area contributed by atoms with Crippen molar-refractivity contribution in [2.45, 2.75) is 61.0 Å². The lowest BCUT2D eigenvalue weighted by atomic mass is 10.1. The largest absolute Gasteiger partial charge is 0.284 e. The fraction of sp³-hybridized carbons (Fsp3) is 0.467. The maximum Gasteiger partial charge on any atom is 0.284 e. The number of hydrogen-bond donors (Lipinski definition) is 2. The molecule has 0 radical (unpaired) electrons. The van der Waals surface area contributed by atoms with Gasteiger partial charge in [0.05, 0.1) is 14.7 Å². The SMILES string of the molecule is CC(C)c1nc(Sc2ccc(S(=O)(=O)NC(C)(C)C)cc2[N+](=O)[O-])n[nH]1. The highest BCUT2D eigenvalue weighted by atomic mass is 32.2. The van der Waals surface area contributed by atoms with Gasteiger partial charge in [0.1, 0.15) is 5.82 Å². The van der Waals surface area contributed by atoms with E-state index in [1.165, 1.54) is 12.1 Å². The molecular formula is C15H21N5O4S2. The lowest BCUT2D eigenvalue weighted by Crippen LogP contribution is -2.40. The molecule has 9 nitrogen and oxygen atoms in total. The Labute approximate surface area is 156 Å². The Morgan fingerprint density at radius 2 is 1.96 bits per heavy atom. The summed E-state index contributed by atoms with van der Waals surface area (Å²) in [5.74, 6) is 0.812. The van der Waals surface area contributed by atoms with Crippen LogP contribution in [0.1, 0.15) is 46.4 Å². The summed E-state index contributed by atoms with van der Waals surface area (Å²) in [4.78, 5) is 15.2. The van der Waals surface area contributed by atoms with Gasteiger partial charge in [0.15, 0.2) is 0 Å². The van der Waals surface area contributed by atoms with Gasteiger partial charge in [-0.25, -0.2) is 18.1 Å². The van der Waals surface area contributed by atoms with Gasteiger partial charge in [0, 0.05) is 17.5 Å². The molecule has 1 heterocycles. The first-order valence-electron chi connectivity index (χ1n) is 7.81. The van der Waals surface area contributed by atoms with Gasteiger partial charge in [-0.1, -0.05) is 13.8 Å². The molecule has 2 N–H and O–H groups in total. The summed E-state index contributed by atoms with van der Waals surface area (Å²) in [5.41, 5.74) is -1.02. The van der Waals surface area contributed by atoms with E-state index in [2.05, 4.69) is 19.9 Å².